The topological polar surface area (TPSA) is 43.2 Å². The Bertz CT molecular complexity index is 328. The van der Waals surface area contributed by atoms with Gasteiger partial charge in [0.2, 0.25) is 11.8 Å². The molecule has 0 aromatic carbocycles. The van der Waals surface area contributed by atoms with Gasteiger partial charge in [0.15, 0.2) is 0 Å². The molecule has 1 rings (SSSR count). The zero-order chi connectivity index (χ0) is 13.1. The molecular formula is C12H21BrN2O2. The number of halogens is 1. The van der Waals surface area contributed by atoms with E-state index in [1.54, 1.807) is 7.11 Å². The Morgan fingerprint density at radius 3 is 2.53 bits per heavy atom. The molecule has 0 N–H and O–H groups in total. The zero-order valence-corrected chi connectivity index (χ0v) is 12.7. The maximum absolute atomic E-state index is 5.62. The lowest BCUT2D eigenvalue weighted by atomic mass is 9.98. The summed E-state index contributed by atoms with van der Waals surface area (Å²) in [5.41, 5.74) is -0.466. The van der Waals surface area contributed by atoms with Crippen LogP contribution in [0, 0.1) is 5.92 Å². The van der Waals surface area contributed by atoms with E-state index in [0.29, 0.717) is 29.7 Å². The van der Waals surface area contributed by atoms with Gasteiger partial charge in [0.05, 0.1) is 13.7 Å². The molecule has 1 aliphatic heterocycles. The molecule has 0 fully saturated rings. The molecule has 0 saturated carbocycles. The highest BCUT2D eigenvalue weighted by atomic mass is 79.9. The van der Waals surface area contributed by atoms with Crippen molar-refractivity contribution in [2.45, 2.75) is 39.3 Å². The van der Waals surface area contributed by atoms with Crippen molar-refractivity contribution in [2.24, 2.45) is 15.9 Å². The van der Waals surface area contributed by atoms with E-state index in [-0.39, 0.29) is 6.04 Å². The normalized spacial score (nSPS) is 28.8. The molecule has 0 aromatic heterocycles. The number of aliphatic imine (C=N–C) groups is 2. The van der Waals surface area contributed by atoms with Gasteiger partial charge in [-0.1, -0.05) is 29.8 Å². The molecule has 98 valence electrons. The van der Waals surface area contributed by atoms with Crippen LogP contribution >= 0.6 is 15.9 Å². The van der Waals surface area contributed by atoms with E-state index in [2.05, 4.69) is 39.8 Å². The molecule has 0 aromatic rings. The molecule has 0 radical (unpaired) electrons. The van der Waals surface area contributed by atoms with E-state index >= 15 is 0 Å². The summed E-state index contributed by atoms with van der Waals surface area (Å²) in [6.45, 7) is 8.75. The Labute approximate surface area is 112 Å². The van der Waals surface area contributed by atoms with Crippen molar-refractivity contribution in [1.29, 1.82) is 0 Å². The van der Waals surface area contributed by atoms with Gasteiger partial charge >= 0.3 is 0 Å². The molecule has 1 heterocycles. The first kappa shape index (κ1) is 14.5. The first-order valence-electron chi connectivity index (χ1n) is 5.89. The summed E-state index contributed by atoms with van der Waals surface area (Å²) in [5.74, 6) is 1.71. The molecule has 5 heteroatoms. The van der Waals surface area contributed by atoms with Crippen molar-refractivity contribution in [2.75, 3.05) is 19.0 Å². The Morgan fingerprint density at radius 2 is 2.12 bits per heavy atom. The second-order valence-corrected chi connectivity index (χ2v) is 5.18. The number of ether oxygens (including phenoxy) is 2. The summed E-state index contributed by atoms with van der Waals surface area (Å²) >= 11 is 3.47. The van der Waals surface area contributed by atoms with Crippen LogP contribution in [0.25, 0.3) is 0 Å². The Kier molecular flexibility index (Phi) is 4.98. The van der Waals surface area contributed by atoms with Gasteiger partial charge in [-0.3, -0.25) is 0 Å². The minimum atomic E-state index is -0.466. The van der Waals surface area contributed by atoms with Gasteiger partial charge in [-0.25, -0.2) is 9.98 Å². The van der Waals surface area contributed by atoms with Gasteiger partial charge in [-0.2, -0.15) is 0 Å². The number of methoxy groups -OCH3 is 1. The van der Waals surface area contributed by atoms with Crippen LogP contribution in [-0.2, 0) is 9.47 Å². The molecule has 2 unspecified atom stereocenters. The summed E-state index contributed by atoms with van der Waals surface area (Å²) in [5, 5.41) is 0.663. The largest absolute Gasteiger partial charge is 0.483 e. The third kappa shape index (κ3) is 3.00. The van der Waals surface area contributed by atoms with Crippen molar-refractivity contribution in [3.63, 3.8) is 0 Å². The van der Waals surface area contributed by atoms with Crippen LogP contribution in [0.3, 0.4) is 0 Å². The lowest BCUT2D eigenvalue weighted by molar-refractivity contribution is 0.279. The lowest BCUT2D eigenvalue weighted by Crippen LogP contribution is -2.46. The molecule has 0 amide bonds. The van der Waals surface area contributed by atoms with E-state index < -0.39 is 5.54 Å². The molecule has 0 saturated heterocycles. The first-order valence-corrected chi connectivity index (χ1v) is 7.01. The first-order chi connectivity index (χ1) is 7.98. The van der Waals surface area contributed by atoms with Gasteiger partial charge in [0.1, 0.15) is 11.6 Å². The third-order valence-electron chi connectivity index (χ3n) is 2.71. The highest BCUT2D eigenvalue weighted by Gasteiger charge is 2.39. The minimum Gasteiger partial charge on any atom is -0.483 e. The molecule has 1 aliphatic rings. The molecule has 4 nitrogen and oxygen atoms in total. The predicted octanol–water partition coefficient (Wildman–Crippen LogP) is 2.66. The molecule has 2 atom stereocenters. The second-order valence-electron chi connectivity index (χ2n) is 4.62. The maximum Gasteiger partial charge on any atom is 0.213 e. The minimum absolute atomic E-state index is 0.0475. The number of hydrogen-bond donors (Lipinski definition) is 0. The van der Waals surface area contributed by atoms with E-state index in [4.69, 9.17) is 9.47 Å². The van der Waals surface area contributed by atoms with Crippen molar-refractivity contribution in [1.82, 2.24) is 0 Å². The second kappa shape index (κ2) is 5.85. The number of nitrogens with zero attached hydrogens (tertiary/aromatic N) is 2. The van der Waals surface area contributed by atoms with E-state index in [9.17, 15) is 0 Å². The average molecular weight is 305 g/mol. The summed E-state index contributed by atoms with van der Waals surface area (Å²) < 4.78 is 11.0. The number of hydrogen-bond acceptors (Lipinski definition) is 4. The van der Waals surface area contributed by atoms with E-state index in [1.807, 2.05) is 13.8 Å². The fourth-order valence-electron chi connectivity index (χ4n) is 1.69. The van der Waals surface area contributed by atoms with Crippen LogP contribution in [0.2, 0.25) is 0 Å². The fourth-order valence-corrected chi connectivity index (χ4v) is 2.06. The maximum atomic E-state index is 5.62. The standard InChI is InChI=1S/C12H21BrN2O2/c1-6-17-11-12(4,7-13)15-10(16-5)9(14-11)8(2)3/h8-9H,6-7H2,1-5H3. The fraction of sp³-hybridized carbons (Fsp3) is 0.833. The van der Waals surface area contributed by atoms with Gasteiger partial charge in [-0.05, 0) is 19.8 Å². The highest BCUT2D eigenvalue weighted by Crippen LogP contribution is 2.26. The van der Waals surface area contributed by atoms with Crippen LogP contribution < -0.4 is 0 Å². The molecular weight excluding hydrogens is 284 g/mol. The van der Waals surface area contributed by atoms with Gasteiger partial charge in [0.25, 0.3) is 0 Å². The predicted molar refractivity (Wildman–Crippen MR) is 74.3 cm³/mol. The average Bonchev–Trinajstić information content (AvgIpc) is 2.31. The Balaban J connectivity index is 3.10. The van der Waals surface area contributed by atoms with Crippen LogP contribution in [-0.4, -0.2) is 42.4 Å². The molecule has 17 heavy (non-hydrogen) atoms. The monoisotopic (exact) mass is 304 g/mol. The van der Waals surface area contributed by atoms with Crippen LogP contribution in [0.5, 0.6) is 0 Å². The third-order valence-corrected chi connectivity index (χ3v) is 3.80. The smallest absolute Gasteiger partial charge is 0.213 e. The van der Waals surface area contributed by atoms with Gasteiger partial charge in [-0.15, -0.1) is 0 Å². The van der Waals surface area contributed by atoms with E-state index in [0.717, 1.165) is 0 Å². The van der Waals surface area contributed by atoms with Gasteiger partial charge in [0, 0.05) is 5.33 Å². The van der Waals surface area contributed by atoms with Crippen molar-refractivity contribution in [3.8, 4) is 0 Å². The summed E-state index contributed by atoms with van der Waals surface area (Å²) in [6, 6.07) is -0.0475. The SMILES string of the molecule is CCOC1=NC(C(C)C)C(OC)=NC1(C)CBr. The Morgan fingerprint density at radius 1 is 1.47 bits per heavy atom. The van der Waals surface area contributed by atoms with Crippen molar-refractivity contribution in [3.05, 3.63) is 0 Å². The quantitative estimate of drug-likeness (QED) is 0.752. The van der Waals surface area contributed by atoms with Crippen LogP contribution in [0.15, 0.2) is 9.98 Å². The van der Waals surface area contributed by atoms with Crippen LogP contribution in [0.1, 0.15) is 27.7 Å². The number of alkyl halides is 1. The number of rotatable bonds is 3. The lowest BCUT2D eigenvalue weighted by Gasteiger charge is -2.32. The summed E-state index contributed by atoms with van der Waals surface area (Å²) in [4.78, 5) is 9.30. The van der Waals surface area contributed by atoms with E-state index in [1.165, 1.54) is 0 Å². The van der Waals surface area contributed by atoms with Gasteiger partial charge < -0.3 is 9.47 Å². The molecule has 0 spiro atoms. The molecule has 0 aliphatic carbocycles. The Hall–Kier alpha value is -0.580. The summed E-state index contributed by atoms with van der Waals surface area (Å²) in [7, 11) is 1.64. The van der Waals surface area contributed by atoms with Crippen molar-refractivity contribution < 1.29 is 9.47 Å². The van der Waals surface area contributed by atoms with Crippen molar-refractivity contribution >= 4 is 27.7 Å². The highest BCUT2D eigenvalue weighted by molar-refractivity contribution is 9.09. The summed E-state index contributed by atoms with van der Waals surface area (Å²) in [6.07, 6.45) is 0. The zero-order valence-electron chi connectivity index (χ0n) is 11.2. The van der Waals surface area contributed by atoms with Crippen LogP contribution in [0.4, 0.5) is 0 Å². The molecule has 0 bridgehead atoms.